The van der Waals surface area contributed by atoms with Crippen molar-refractivity contribution >= 4 is 11.9 Å². The lowest BCUT2D eigenvalue weighted by molar-refractivity contribution is 0.0635. The second-order valence-electron chi connectivity index (χ2n) is 4.65. The average molecular weight is 268 g/mol. The SMILES string of the molecule is CC.CC(C)(C)OC(=O)Nc1cc(CCO)ccn1. The molecule has 0 aliphatic carbocycles. The van der Waals surface area contributed by atoms with Gasteiger partial charge in [-0.1, -0.05) is 13.8 Å². The van der Waals surface area contributed by atoms with E-state index >= 15 is 0 Å². The summed E-state index contributed by atoms with van der Waals surface area (Å²) in [6.07, 6.45) is 1.58. The van der Waals surface area contributed by atoms with Gasteiger partial charge in [0.2, 0.25) is 0 Å². The number of aliphatic hydroxyl groups is 1. The maximum Gasteiger partial charge on any atom is 0.413 e. The van der Waals surface area contributed by atoms with Gasteiger partial charge in [0.05, 0.1) is 0 Å². The van der Waals surface area contributed by atoms with E-state index in [1.165, 1.54) is 0 Å². The molecule has 108 valence electrons. The molecule has 0 spiro atoms. The van der Waals surface area contributed by atoms with Crippen LogP contribution in [0.1, 0.15) is 40.2 Å². The van der Waals surface area contributed by atoms with Crippen molar-refractivity contribution in [2.24, 2.45) is 0 Å². The number of nitrogens with zero attached hydrogens (tertiary/aromatic N) is 1. The summed E-state index contributed by atoms with van der Waals surface area (Å²) in [6, 6.07) is 3.50. The number of pyridine rings is 1. The molecule has 0 bridgehead atoms. The minimum Gasteiger partial charge on any atom is -0.444 e. The molecule has 0 aromatic carbocycles. The van der Waals surface area contributed by atoms with Gasteiger partial charge in [-0.2, -0.15) is 0 Å². The van der Waals surface area contributed by atoms with Crippen LogP contribution >= 0.6 is 0 Å². The third kappa shape index (κ3) is 8.15. The number of amides is 1. The number of carbonyl (C=O) groups excluding carboxylic acids is 1. The maximum absolute atomic E-state index is 11.5. The summed E-state index contributed by atoms with van der Waals surface area (Å²) in [7, 11) is 0. The Kier molecular flexibility index (Phi) is 7.75. The van der Waals surface area contributed by atoms with Crippen molar-refractivity contribution in [3.8, 4) is 0 Å². The van der Waals surface area contributed by atoms with Crippen LogP contribution in [0.3, 0.4) is 0 Å². The molecule has 0 radical (unpaired) electrons. The van der Waals surface area contributed by atoms with E-state index in [-0.39, 0.29) is 6.61 Å². The standard InChI is InChI=1S/C12H18N2O3.C2H6/c1-12(2,3)17-11(16)14-10-8-9(5-7-15)4-6-13-10;1-2/h4,6,8,15H,5,7H2,1-3H3,(H,13,14,16);1-2H3. The van der Waals surface area contributed by atoms with E-state index < -0.39 is 11.7 Å². The predicted octanol–water partition coefficient (Wildman–Crippen LogP) is 2.99. The quantitative estimate of drug-likeness (QED) is 0.884. The monoisotopic (exact) mass is 268 g/mol. The number of anilines is 1. The van der Waals surface area contributed by atoms with Crippen molar-refractivity contribution in [2.75, 3.05) is 11.9 Å². The Bertz CT molecular complexity index is 387. The molecule has 1 heterocycles. The highest BCUT2D eigenvalue weighted by Crippen LogP contribution is 2.11. The maximum atomic E-state index is 11.5. The van der Waals surface area contributed by atoms with E-state index in [1.54, 1.807) is 39.1 Å². The fraction of sp³-hybridized carbons (Fsp3) is 0.571. The largest absolute Gasteiger partial charge is 0.444 e. The first-order valence-electron chi connectivity index (χ1n) is 6.46. The summed E-state index contributed by atoms with van der Waals surface area (Å²) in [5.41, 5.74) is 0.376. The number of rotatable bonds is 3. The normalized spacial score (nSPS) is 10.2. The van der Waals surface area contributed by atoms with Crippen LogP contribution in [0.15, 0.2) is 18.3 Å². The van der Waals surface area contributed by atoms with Crippen LogP contribution in [0, 0.1) is 0 Å². The van der Waals surface area contributed by atoms with E-state index in [4.69, 9.17) is 9.84 Å². The van der Waals surface area contributed by atoms with Gasteiger partial charge in [0.25, 0.3) is 0 Å². The molecular weight excluding hydrogens is 244 g/mol. The Labute approximate surface area is 115 Å². The van der Waals surface area contributed by atoms with Crippen LogP contribution < -0.4 is 5.32 Å². The lowest BCUT2D eigenvalue weighted by Gasteiger charge is -2.19. The molecule has 2 N–H and O–H groups in total. The number of nitrogens with one attached hydrogen (secondary N) is 1. The molecule has 0 atom stereocenters. The first-order chi connectivity index (χ1) is 8.90. The second kappa shape index (κ2) is 8.48. The van der Waals surface area contributed by atoms with Crippen LogP contribution in [0.4, 0.5) is 10.6 Å². The molecule has 0 fully saturated rings. The van der Waals surface area contributed by atoms with Crippen LogP contribution in [-0.4, -0.2) is 28.4 Å². The molecule has 1 amide bonds. The number of hydrogen-bond acceptors (Lipinski definition) is 4. The van der Waals surface area contributed by atoms with Crippen LogP contribution in [-0.2, 0) is 11.2 Å². The number of aliphatic hydroxyl groups excluding tert-OH is 1. The molecule has 1 aromatic heterocycles. The Morgan fingerprint density at radius 2 is 2.05 bits per heavy atom. The second-order valence-corrected chi connectivity index (χ2v) is 4.65. The Morgan fingerprint density at radius 1 is 1.42 bits per heavy atom. The zero-order valence-corrected chi connectivity index (χ0v) is 12.4. The van der Waals surface area contributed by atoms with Gasteiger partial charge in [0.1, 0.15) is 11.4 Å². The number of hydrogen-bond donors (Lipinski definition) is 2. The molecule has 0 aliphatic heterocycles. The molecule has 19 heavy (non-hydrogen) atoms. The zero-order valence-electron chi connectivity index (χ0n) is 12.4. The molecule has 1 rings (SSSR count). The summed E-state index contributed by atoms with van der Waals surface area (Å²) >= 11 is 0. The van der Waals surface area contributed by atoms with Gasteiger partial charge in [0.15, 0.2) is 0 Å². The Morgan fingerprint density at radius 3 is 2.58 bits per heavy atom. The minimum absolute atomic E-state index is 0.0654. The van der Waals surface area contributed by atoms with Crippen LogP contribution in [0.25, 0.3) is 0 Å². The van der Waals surface area contributed by atoms with Gasteiger partial charge in [-0.25, -0.2) is 9.78 Å². The Hall–Kier alpha value is -1.62. The number of carbonyl (C=O) groups is 1. The zero-order chi connectivity index (χ0) is 14.9. The van der Waals surface area contributed by atoms with Crippen molar-refractivity contribution in [1.82, 2.24) is 4.98 Å². The highest BCUT2D eigenvalue weighted by molar-refractivity contribution is 5.83. The third-order valence-corrected chi connectivity index (χ3v) is 1.85. The van der Waals surface area contributed by atoms with Gasteiger partial charge in [-0.05, 0) is 44.9 Å². The minimum atomic E-state index is -0.536. The summed E-state index contributed by atoms with van der Waals surface area (Å²) in [5, 5.41) is 11.4. The first-order valence-corrected chi connectivity index (χ1v) is 6.46. The number of ether oxygens (including phenoxy) is 1. The lowest BCUT2D eigenvalue weighted by atomic mass is 10.2. The van der Waals surface area contributed by atoms with Crippen molar-refractivity contribution in [1.29, 1.82) is 0 Å². The van der Waals surface area contributed by atoms with Crippen LogP contribution in [0.5, 0.6) is 0 Å². The molecule has 0 saturated heterocycles. The summed E-state index contributed by atoms with van der Waals surface area (Å²) in [6.45, 7) is 9.45. The fourth-order valence-electron chi connectivity index (χ4n) is 1.24. The fourth-order valence-corrected chi connectivity index (χ4v) is 1.24. The predicted molar refractivity (Wildman–Crippen MR) is 76.2 cm³/mol. The van der Waals surface area contributed by atoms with E-state index in [0.29, 0.717) is 12.2 Å². The first kappa shape index (κ1) is 17.4. The summed E-state index contributed by atoms with van der Waals surface area (Å²) < 4.78 is 5.10. The van der Waals surface area contributed by atoms with Gasteiger partial charge in [0, 0.05) is 12.8 Å². The summed E-state index contributed by atoms with van der Waals surface area (Å²) in [5.74, 6) is 0.421. The highest BCUT2D eigenvalue weighted by Gasteiger charge is 2.16. The van der Waals surface area contributed by atoms with Crippen molar-refractivity contribution in [3.05, 3.63) is 23.9 Å². The average Bonchev–Trinajstić information content (AvgIpc) is 2.30. The molecular formula is C14H24N2O3. The van der Waals surface area contributed by atoms with Crippen LogP contribution in [0.2, 0.25) is 0 Å². The van der Waals surface area contributed by atoms with E-state index in [1.807, 2.05) is 13.8 Å². The number of aromatic nitrogens is 1. The van der Waals surface area contributed by atoms with E-state index in [0.717, 1.165) is 5.56 Å². The highest BCUT2D eigenvalue weighted by atomic mass is 16.6. The van der Waals surface area contributed by atoms with E-state index in [9.17, 15) is 4.79 Å². The molecule has 0 aliphatic rings. The lowest BCUT2D eigenvalue weighted by Crippen LogP contribution is -2.27. The third-order valence-electron chi connectivity index (χ3n) is 1.85. The topological polar surface area (TPSA) is 71.5 Å². The van der Waals surface area contributed by atoms with Gasteiger partial charge >= 0.3 is 6.09 Å². The van der Waals surface area contributed by atoms with Gasteiger partial charge in [-0.15, -0.1) is 0 Å². The van der Waals surface area contributed by atoms with Crippen molar-refractivity contribution in [3.63, 3.8) is 0 Å². The molecule has 0 saturated carbocycles. The molecule has 0 unspecified atom stereocenters. The van der Waals surface area contributed by atoms with Gasteiger partial charge in [-0.3, -0.25) is 5.32 Å². The molecule has 1 aromatic rings. The Balaban J connectivity index is 0.00000154. The van der Waals surface area contributed by atoms with Crippen molar-refractivity contribution in [2.45, 2.75) is 46.6 Å². The smallest absolute Gasteiger partial charge is 0.413 e. The van der Waals surface area contributed by atoms with E-state index in [2.05, 4.69) is 10.3 Å². The van der Waals surface area contributed by atoms with Gasteiger partial charge < -0.3 is 9.84 Å². The molecule has 5 nitrogen and oxygen atoms in total. The molecule has 5 heteroatoms. The summed E-state index contributed by atoms with van der Waals surface area (Å²) in [4.78, 5) is 15.5. The van der Waals surface area contributed by atoms with Crippen molar-refractivity contribution < 1.29 is 14.6 Å².